The highest BCUT2D eigenvalue weighted by molar-refractivity contribution is 7.80. The van der Waals surface area contributed by atoms with Gasteiger partial charge in [0.15, 0.2) is 11.6 Å². The quantitative estimate of drug-likeness (QED) is 0.554. The maximum absolute atomic E-state index is 13.8. The second kappa shape index (κ2) is 9.88. The highest BCUT2D eigenvalue weighted by Crippen LogP contribution is 2.15. The van der Waals surface area contributed by atoms with Crippen LogP contribution >= 0.6 is 12.2 Å². The predicted molar refractivity (Wildman–Crippen MR) is 99.2 cm³/mol. The minimum absolute atomic E-state index is 0.0607. The van der Waals surface area contributed by atoms with Gasteiger partial charge in [0, 0.05) is 0 Å². The summed E-state index contributed by atoms with van der Waals surface area (Å²) in [5.41, 5.74) is 2.14. The molecule has 134 valence electrons. The third-order valence-corrected chi connectivity index (χ3v) is 3.63. The van der Waals surface area contributed by atoms with Crippen molar-refractivity contribution in [2.45, 2.75) is 39.7 Å². The van der Waals surface area contributed by atoms with Crippen LogP contribution in [0.15, 0.2) is 30.5 Å². The van der Waals surface area contributed by atoms with Crippen molar-refractivity contribution in [2.24, 2.45) is 0 Å². The van der Waals surface area contributed by atoms with Gasteiger partial charge in [0.25, 0.3) is 5.17 Å². The van der Waals surface area contributed by atoms with Crippen LogP contribution in [-0.4, -0.2) is 21.7 Å². The highest BCUT2D eigenvalue weighted by atomic mass is 32.1. The van der Waals surface area contributed by atoms with Gasteiger partial charge in [-0.3, -0.25) is 5.32 Å². The molecule has 0 spiro atoms. The van der Waals surface area contributed by atoms with E-state index in [2.05, 4.69) is 22.2 Å². The number of benzene rings is 1. The molecule has 0 saturated carbocycles. The third kappa shape index (κ3) is 6.62. The fourth-order valence-corrected chi connectivity index (χ4v) is 2.17. The van der Waals surface area contributed by atoms with Crippen LogP contribution in [0.1, 0.15) is 37.3 Å². The molecule has 0 aliphatic heterocycles. The van der Waals surface area contributed by atoms with E-state index in [4.69, 9.17) is 21.7 Å². The summed E-state index contributed by atoms with van der Waals surface area (Å²) in [4.78, 5) is 7.84. The van der Waals surface area contributed by atoms with E-state index in [1.165, 1.54) is 5.56 Å². The lowest BCUT2D eigenvalue weighted by Gasteiger charge is -2.11. The number of nitrogens with one attached hydrogen (secondary N) is 1. The molecule has 1 heterocycles. The Morgan fingerprint density at radius 2 is 2.00 bits per heavy atom. The van der Waals surface area contributed by atoms with E-state index < -0.39 is 5.82 Å². The van der Waals surface area contributed by atoms with Gasteiger partial charge in [-0.15, -0.1) is 0 Å². The average Bonchev–Trinajstić information content (AvgIpc) is 2.61. The van der Waals surface area contributed by atoms with Gasteiger partial charge in [0.1, 0.15) is 6.61 Å². The molecule has 0 unspecified atom stereocenters. The Balaban J connectivity index is 1.90. The number of halogens is 1. The van der Waals surface area contributed by atoms with E-state index in [1.54, 1.807) is 0 Å². The van der Waals surface area contributed by atoms with Gasteiger partial charge in [-0.25, -0.2) is 9.37 Å². The summed E-state index contributed by atoms with van der Waals surface area (Å²) >= 11 is 5.04. The molecule has 0 saturated heterocycles. The summed E-state index contributed by atoms with van der Waals surface area (Å²) in [6, 6.07) is 7.96. The van der Waals surface area contributed by atoms with Crippen LogP contribution in [-0.2, 0) is 11.3 Å². The van der Waals surface area contributed by atoms with E-state index in [-0.39, 0.29) is 17.0 Å². The molecule has 0 radical (unpaired) electrons. The zero-order valence-electron chi connectivity index (χ0n) is 14.4. The molecule has 0 bridgehead atoms. The van der Waals surface area contributed by atoms with Crippen LogP contribution in [0.5, 0.6) is 6.01 Å². The number of ether oxygens (including phenoxy) is 2. The number of nitrogens with zero attached hydrogens (tertiary/aromatic N) is 2. The zero-order valence-corrected chi connectivity index (χ0v) is 15.2. The molecular weight excluding hydrogens is 341 g/mol. The number of aromatic nitrogens is 2. The van der Waals surface area contributed by atoms with E-state index >= 15 is 0 Å². The van der Waals surface area contributed by atoms with E-state index in [9.17, 15) is 4.39 Å². The molecular formula is C18H22FN3O2S. The number of aryl methyl sites for hydroxylation is 1. The topological polar surface area (TPSA) is 56.3 Å². The first-order chi connectivity index (χ1) is 12.1. The summed E-state index contributed by atoms with van der Waals surface area (Å²) in [5, 5.41) is 2.72. The number of hydrogen-bond donors (Lipinski definition) is 1. The van der Waals surface area contributed by atoms with Crippen LogP contribution in [0.2, 0.25) is 0 Å². The number of rotatable bonds is 8. The SMILES string of the molecule is CCCCCOC(=S)Nc1nc(OCc2ccc(C)cc2)ncc1F. The van der Waals surface area contributed by atoms with E-state index in [0.717, 1.165) is 31.0 Å². The largest absolute Gasteiger partial charge is 0.471 e. The standard InChI is InChI=1S/C18H22FN3O2S/c1-3-4-5-10-23-18(25)22-16-15(19)11-20-17(21-16)24-12-14-8-6-13(2)7-9-14/h6-9,11H,3-5,10,12H2,1-2H3,(H,20,21,22,25). The van der Waals surface area contributed by atoms with Gasteiger partial charge in [-0.2, -0.15) is 4.98 Å². The second-order valence-electron chi connectivity index (χ2n) is 5.59. The molecule has 0 amide bonds. The summed E-state index contributed by atoms with van der Waals surface area (Å²) in [6.07, 6.45) is 4.09. The Bertz CT molecular complexity index is 695. The van der Waals surface area contributed by atoms with Crippen molar-refractivity contribution < 1.29 is 13.9 Å². The molecule has 1 aromatic carbocycles. The van der Waals surface area contributed by atoms with Gasteiger partial charge in [-0.1, -0.05) is 49.6 Å². The van der Waals surface area contributed by atoms with E-state index in [1.807, 2.05) is 31.2 Å². The molecule has 2 rings (SSSR count). The van der Waals surface area contributed by atoms with Crippen LogP contribution in [0.25, 0.3) is 0 Å². The Morgan fingerprint density at radius 1 is 1.24 bits per heavy atom. The van der Waals surface area contributed by atoms with Crippen molar-refractivity contribution >= 4 is 23.2 Å². The maximum atomic E-state index is 13.8. The fraction of sp³-hybridized carbons (Fsp3) is 0.389. The minimum atomic E-state index is -0.623. The molecule has 7 heteroatoms. The van der Waals surface area contributed by atoms with Crippen LogP contribution < -0.4 is 10.1 Å². The van der Waals surface area contributed by atoms with Crippen molar-refractivity contribution in [3.05, 3.63) is 47.4 Å². The van der Waals surface area contributed by atoms with Crippen molar-refractivity contribution in [3.8, 4) is 6.01 Å². The number of anilines is 1. The monoisotopic (exact) mass is 363 g/mol. The first-order valence-electron chi connectivity index (χ1n) is 8.23. The Kier molecular flexibility index (Phi) is 7.53. The van der Waals surface area contributed by atoms with Crippen LogP contribution in [0.3, 0.4) is 0 Å². The maximum Gasteiger partial charge on any atom is 0.318 e. The molecule has 5 nitrogen and oxygen atoms in total. The highest BCUT2D eigenvalue weighted by Gasteiger charge is 2.10. The molecule has 2 aromatic rings. The Hall–Kier alpha value is -2.28. The number of unbranched alkanes of at least 4 members (excludes halogenated alkanes) is 2. The van der Waals surface area contributed by atoms with Crippen molar-refractivity contribution in [1.82, 2.24) is 9.97 Å². The molecule has 1 N–H and O–H groups in total. The molecule has 0 fully saturated rings. The second-order valence-corrected chi connectivity index (χ2v) is 5.96. The normalized spacial score (nSPS) is 10.4. The van der Waals surface area contributed by atoms with Crippen molar-refractivity contribution in [1.29, 1.82) is 0 Å². The zero-order chi connectivity index (χ0) is 18.1. The van der Waals surface area contributed by atoms with Gasteiger partial charge < -0.3 is 9.47 Å². The van der Waals surface area contributed by atoms with Crippen LogP contribution in [0, 0.1) is 12.7 Å². The summed E-state index contributed by atoms with van der Waals surface area (Å²) in [7, 11) is 0. The Morgan fingerprint density at radius 3 is 2.72 bits per heavy atom. The molecule has 25 heavy (non-hydrogen) atoms. The Labute approximate surface area is 152 Å². The average molecular weight is 363 g/mol. The third-order valence-electron chi connectivity index (χ3n) is 3.41. The number of hydrogen-bond acceptors (Lipinski definition) is 5. The first kappa shape index (κ1) is 19.1. The summed E-state index contributed by atoms with van der Waals surface area (Å²) in [5.74, 6) is -0.684. The molecule has 0 aliphatic rings. The number of thiocarbonyl (C=S) groups is 1. The van der Waals surface area contributed by atoms with Gasteiger partial charge >= 0.3 is 6.01 Å². The fourth-order valence-electron chi connectivity index (χ4n) is 1.99. The van der Waals surface area contributed by atoms with E-state index in [0.29, 0.717) is 13.2 Å². The molecule has 1 aromatic heterocycles. The first-order valence-corrected chi connectivity index (χ1v) is 8.64. The molecule has 0 aliphatic carbocycles. The van der Waals surface area contributed by atoms with Gasteiger partial charge in [0.2, 0.25) is 0 Å². The van der Waals surface area contributed by atoms with Crippen molar-refractivity contribution in [3.63, 3.8) is 0 Å². The smallest absolute Gasteiger partial charge is 0.318 e. The van der Waals surface area contributed by atoms with Gasteiger partial charge in [0.05, 0.1) is 12.8 Å². The van der Waals surface area contributed by atoms with Gasteiger partial charge in [-0.05, 0) is 31.1 Å². The summed E-state index contributed by atoms with van der Waals surface area (Å²) in [6.45, 7) is 4.90. The lowest BCUT2D eigenvalue weighted by molar-refractivity contribution is 0.279. The molecule has 0 atom stereocenters. The minimum Gasteiger partial charge on any atom is -0.471 e. The summed E-state index contributed by atoms with van der Waals surface area (Å²) < 4.78 is 24.7. The lowest BCUT2D eigenvalue weighted by Crippen LogP contribution is -2.16. The lowest BCUT2D eigenvalue weighted by atomic mass is 10.2. The van der Waals surface area contributed by atoms with Crippen LogP contribution in [0.4, 0.5) is 10.2 Å². The predicted octanol–water partition coefficient (Wildman–Crippen LogP) is 4.41. The van der Waals surface area contributed by atoms with Crippen molar-refractivity contribution in [2.75, 3.05) is 11.9 Å².